The Hall–Kier alpha value is -4.11. The molecule has 160 valence electrons. The van der Waals surface area contributed by atoms with Gasteiger partial charge in [0.05, 0.1) is 12.6 Å². The lowest BCUT2D eigenvalue weighted by molar-refractivity contribution is 0.288. The van der Waals surface area contributed by atoms with Crippen LogP contribution in [0.15, 0.2) is 91.1 Å². The molecule has 6 rings (SSSR count). The first kappa shape index (κ1) is 19.6. The van der Waals surface area contributed by atoms with E-state index in [1.54, 1.807) is 7.11 Å². The minimum absolute atomic E-state index is 0.485. The third-order valence-electron chi connectivity index (χ3n) is 6.48. The Morgan fingerprint density at radius 3 is 2.36 bits per heavy atom. The first-order valence-electron chi connectivity index (χ1n) is 11.1. The van der Waals surface area contributed by atoms with Crippen LogP contribution in [-0.2, 0) is 6.61 Å². The Kier molecular flexibility index (Phi) is 4.62. The van der Waals surface area contributed by atoms with Crippen molar-refractivity contribution in [3.63, 3.8) is 0 Å². The summed E-state index contributed by atoms with van der Waals surface area (Å²) in [4.78, 5) is 4.86. The zero-order chi connectivity index (χ0) is 22.4. The zero-order valence-electron chi connectivity index (χ0n) is 18.6. The normalized spacial score (nSPS) is 11.5. The first-order chi connectivity index (χ1) is 16.2. The second kappa shape index (κ2) is 7.79. The smallest absolute Gasteiger partial charge is 0.169 e. The van der Waals surface area contributed by atoms with Gasteiger partial charge in [0.2, 0.25) is 0 Å². The standard InChI is InChI=1S/C30H23NO2/c1-19-23-13-14-25-24-11-7-6-10-22(24)17-31-29(25)26(23)16-21-12-15-27(32-2)30(28(19)21)33-18-20-8-4-3-5-9-20/h3-17H,18H2,1-2H3. The van der Waals surface area contributed by atoms with Gasteiger partial charge in [0, 0.05) is 27.7 Å². The minimum Gasteiger partial charge on any atom is -0.493 e. The number of benzene rings is 5. The molecule has 0 bridgehead atoms. The summed E-state index contributed by atoms with van der Waals surface area (Å²) in [6, 6.07) is 29.4. The van der Waals surface area contributed by atoms with Crippen molar-refractivity contribution in [2.24, 2.45) is 0 Å². The number of aromatic nitrogens is 1. The minimum atomic E-state index is 0.485. The summed E-state index contributed by atoms with van der Waals surface area (Å²) >= 11 is 0. The molecule has 0 saturated heterocycles. The van der Waals surface area contributed by atoms with Gasteiger partial charge >= 0.3 is 0 Å². The predicted molar refractivity (Wildman–Crippen MR) is 136 cm³/mol. The molecule has 5 aromatic carbocycles. The molecule has 0 unspecified atom stereocenters. The van der Waals surface area contributed by atoms with Crippen molar-refractivity contribution in [3.05, 3.63) is 102 Å². The molecular weight excluding hydrogens is 406 g/mol. The molecule has 0 radical (unpaired) electrons. The highest BCUT2D eigenvalue weighted by Crippen LogP contribution is 2.42. The van der Waals surface area contributed by atoms with E-state index < -0.39 is 0 Å². The molecule has 0 aliphatic heterocycles. The maximum Gasteiger partial charge on any atom is 0.169 e. The van der Waals surface area contributed by atoms with Crippen molar-refractivity contribution in [1.82, 2.24) is 4.98 Å². The molecule has 6 aromatic rings. The van der Waals surface area contributed by atoms with E-state index in [4.69, 9.17) is 14.5 Å². The number of hydrogen-bond donors (Lipinski definition) is 0. The summed E-state index contributed by atoms with van der Waals surface area (Å²) in [5.74, 6) is 1.52. The first-order valence-corrected chi connectivity index (χ1v) is 11.1. The largest absolute Gasteiger partial charge is 0.493 e. The Balaban J connectivity index is 1.60. The highest BCUT2D eigenvalue weighted by Gasteiger charge is 2.16. The van der Waals surface area contributed by atoms with Crippen LogP contribution in [0.3, 0.4) is 0 Å². The van der Waals surface area contributed by atoms with Crippen molar-refractivity contribution in [2.45, 2.75) is 13.5 Å². The van der Waals surface area contributed by atoms with E-state index in [1.165, 1.54) is 21.7 Å². The molecule has 0 aliphatic carbocycles. The van der Waals surface area contributed by atoms with Crippen LogP contribution < -0.4 is 9.47 Å². The van der Waals surface area contributed by atoms with Crippen LogP contribution in [0.4, 0.5) is 0 Å². The van der Waals surface area contributed by atoms with Gasteiger partial charge in [-0.3, -0.25) is 4.98 Å². The van der Waals surface area contributed by atoms with Crippen LogP contribution in [0.1, 0.15) is 11.1 Å². The molecule has 1 heterocycles. The number of aryl methyl sites for hydroxylation is 1. The molecule has 3 heteroatoms. The third-order valence-corrected chi connectivity index (χ3v) is 6.48. The average molecular weight is 430 g/mol. The number of fused-ring (bicyclic) bond motifs is 6. The van der Waals surface area contributed by atoms with Crippen LogP contribution in [0.25, 0.3) is 43.2 Å². The summed E-state index contributed by atoms with van der Waals surface area (Å²) in [5, 5.41) is 8.09. The summed E-state index contributed by atoms with van der Waals surface area (Å²) < 4.78 is 12.1. The van der Waals surface area contributed by atoms with Crippen molar-refractivity contribution in [3.8, 4) is 11.5 Å². The quantitative estimate of drug-likeness (QED) is 0.214. The van der Waals surface area contributed by atoms with E-state index in [-0.39, 0.29) is 0 Å². The van der Waals surface area contributed by atoms with Gasteiger partial charge in [0.15, 0.2) is 11.5 Å². The van der Waals surface area contributed by atoms with Gasteiger partial charge in [-0.25, -0.2) is 0 Å². The molecule has 0 amide bonds. The van der Waals surface area contributed by atoms with Crippen molar-refractivity contribution >= 4 is 43.2 Å². The van der Waals surface area contributed by atoms with E-state index in [0.29, 0.717) is 6.61 Å². The second-order valence-corrected chi connectivity index (χ2v) is 8.37. The van der Waals surface area contributed by atoms with Crippen LogP contribution in [-0.4, -0.2) is 12.1 Å². The molecule has 0 spiro atoms. The molecule has 33 heavy (non-hydrogen) atoms. The van der Waals surface area contributed by atoms with Gasteiger partial charge in [0.25, 0.3) is 0 Å². The molecule has 0 aliphatic rings. The number of hydrogen-bond acceptors (Lipinski definition) is 3. The summed E-state index contributed by atoms with van der Waals surface area (Å²) in [6.45, 7) is 2.64. The molecule has 1 aromatic heterocycles. The van der Waals surface area contributed by atoms with Gasteiger partial charge in [-0.05, 0) is 46.3 Å². The Labute approximate surface area is 192 Å². The molecule has 3 nitrogen and oxygen atoms in total. The number of rotatable bonds is 4. The van der Waals surface area contributed by atoms with Gasteiger partial charge in [-0.2, -0.15) is 0 Å². The molecule has 0 atom stereocenters. The van der Waals surface area contributed by atoms with Crippen LogP contribution >= 0.6 is 0 Å². The molecule has 0 saturated carbocycles. The SMILES string of the molecule is COc1ccc2cc3c(ccc4c5ccccc5cnc34)c(C)c2c1OCc1ccccc1. The highest BCUT2D eigenvalue weighted by molar-refractivity contribution is 6.19. The van der Waals surface area contributed by atoms with Crippen molar-refractivity contribution in [2.75, 3.05) is 7.11 Å². The van der Waals surface area contributed by atoms with E-state index in [9.17, 15) is 0 Å². The lowest BCUT2D eigenvalue weighted by atomic mass is 9.94. The number of pyridine rings is 1. The summed E-state index contributed by atoms with van der Waals surface area (Å²) in [7, 11) is 1.69. The number of ether oxygens (including phenoxy) is 2. The zero-order valence-corrected chi connectivity index (χ0v) is 18.6. The van der Waals surface area contributed by atoms with E-state index >= 15 is 0 Å². The maximum absolute atomic E-state index is 6.36. The Bertz CT molecular complexity index is 1660. The monoisotopic (exact) mass is 429 g/mol. The lowest BCUT2D eigenvalue weighted by Gasteiger charge is -2.17. The van der Waals surface area contributed by atoms with Crippen LogP contribution in [0, 0.1) is 6.92 Å². The third kappa shape index (κ3) is 3.16. The van der Waals surface area contributed by atoms with Crippen LogP contribution in [0.2, 0.25) is 0 Å². The van der Waals surface area contributed by atoms with Crippen LogP contribution in [0.5, 0.6) is 11.5 Å². The van der Waals surface area contributed by atoms with Crippen molar-refractivity contribution < 1.29 is 9.47 Å². The fourth-order valence-corrected chi connectivity index (χ4v) is 4.84. The predicted octanol–water partition coefficient (Wildman–Crippen LogP) is 7.59. The fraction of sp³-hybridized carbons (Fsp3) is 0.100. The molecule has 0 fully saturated rings. The topological polar surface area (TPSA) is 31.4 Å². The molecular formula is C30H23NO2. The Morgan fingerprint density at radius 1 is 0.727 bits per heavy atom. The van der Waals surface area contributed by atoms with Gasteiger partial charge in [0.1, 0.15) is 6.61 Å². The number of methoxy groups -OCH3 is 1. The lowest BCUT2D eigenvalue weighted by Crippen LogP contribution is -1.99. The number of nitrogens with zero attached hydrogens (tertiary/aromatic N) is 1. The summed E-state index contributed by atoms with van der Waals surface area (Å²) in [5.41, 5.74) is 3.32. The van der Waals surface area contributed by atoms with E-state index in [1.807, 2.05) is 30.5 Å². The van der Waals surface area contributed by atoms with Gasteiger partial charge in [-0.1, -0.05) is 72.8 Å². The van der Waals surface area contributed by atoms with Gasteiger partial charge in [-0.15, -0.1) is 0 Å². The van der Waals surface area contributed by atoms with Crippen molar-refractivity contribution in [1.29, 1.82) is 0 Å². The van der Waals surface area contributed by atoms with Gasteiger partial charge < -0.3 is 9.47 Å². The van der Waals surface area contributed by atoms with E-state index in [2.05, 4.69) is 67.6 Å². The Morgan fingerprint density at radius 2 is 1.52 bits per heavy atom. The highest BCUT2D eigenvalue weighted by atomic mass is 16.5. The second-order valence-electron chi connectivity index (χ2n) is 8.37. The average Bonchev–Trinajstić information content (AvgIpc) is 2.87. The van der Waals surface area contributed by atoms with E-state index in [0.717, 1.165) is 44.1 Å². The molecule has 0 N–H and O–H groups in total. The maximum atomic E-state index is 6.36. The fourth-order valence-electron chi connectivity index (χ4n) is 4.84. The summed E-state index contributed by atoms with van der Waals surface area (Å²) in [6.07, 6.45) is 1.97.